The molecule has 1 saturated heterocycles. The van der Waals surface area contributed by atoms with Gasteiger partial charge in [-0.1, -0.05) is 6.42 Å². The fourth-order valence-corrected chi connectivity index (χ4v) is 1.20. The summed E-state index contributed by atoms with van der Waals surface area (Å²) in [7, 11) is 1.77. The van der Waals surface area contributed by atoms with Crippen molar-refractivity contribution in [1.82, 2.24) is 5.32 Å². The van der Waals surface area contributed by atoms with E-state index >= 15 is 0 Å². The lowest BCUT2D eigenvalue weighted by atomic mass is 10.2. The van der Waals surface area contributed by atoms with E-state index in [9.17, 15) is 0 Å². The highest BCUT2D eigenvalue weighted by molar-refractivity contribution is 5.85. The van der Waals surface area contributed by atoms with Crippen molar-refractivity contribution < 1.29 is 4.74 Å². The number of hydrogen-bond acceptors (Lipinski definition) is 2. The minimum absolute atomic E-state index is 0. The molecule has 0 aromatic carbocycles. The van der Waals surface area contributed by atoms with E-state index in [1.807, 2.05) is 0 Å². The quantitative estimate of drug-likeness (QED) is 0.637. The zero-order valence-corrected chi connectivity index (χ0v) is 7.25. The van der Waals surface area contributed by atoms with Crippen LogP contribution in [0.15, 0.2) is 0 Å². The smallest absolute Gasteiger partial charge is 0.107 e. The Morgan fingerprint density at radius 1 is 1.30 bits per heavy atom. The lowest BCUT2D eigenvalue weighted by Crippen LogP contribution is -2.29. The van der Waals surface area contributed by atoms with Crippen LogP contribution in [0.1, 0.15) is 25.7 Å². The molecule has 3 heteroatoms. The first-order chi connectivity index (χ1) is 4.43. The second-order valence-electron chi connectivity index (χ2n) is 2.53. The van der Waals surface area contributed by atoms with Crippen LogP contribution in [-0.2, 0) is 4.74 Å². The Balaban J connectivity index is 0.000000810. The van der Waals surface area contributed by atoms with Crippen LogP contribution in [0.4, 0.5) is 0 Å². The van der Waals surface area contributed by atoms with Crippen molar-refractivity contribution in [1.29, 1.82) is 0 Å². The molecule has 1 rings (SSSR count). The Hall–Kier alpha value is 0.210. The number of halogens is 1. The van der Waals surface area contributed by atoms with Gasteiger partial charge in [-0.15, -0.1) is 12.4 Å². The molecule has 10 heavy (non-hydrogen) atoms. The molecule has 1 atom stereocenters. The van der Waals surface area contributed by atoms with Crippen molar-refractivity contribution in [2.75, 3.05) is 13.7 Å². The van der Waals surface area contributed by atoms with Gasteiger partial charge in [0.25, 0.3) is 0 Å². The molecule has 0 aromatic rings. The van der Waals surface area contributed by atoms with Gasteiger partial charge in [0.05, 0.1) is 0 Å². The van der Waals surface area contributed by atoms with E-state index in [1.54, 1.807) is 7.11 Å². The highest BCUT2D eigenvalue weighted by Crippen LogP contribution is 2.07. The first-order valence-electron chi connectivity index (χ1n) is 3.69. The summed E-state index contributed by atoms with van der Waals surface area (Å²) in [6, 6.07) is 0. The van der Waals surface area contributed by atoms with E-state index in [0.29, 0.717) is 6.23 Å². The number of hydrogen-bond donors (Lipinski definition) is 1. The van der Waals surface area contributed by atoms with E-state index < -0.39 is 0 Å². The molecule has 1 heterocycles. The summed E-state index contributed by atoms with van der Waals surface area (Å²) >= 11 is 0. The van der Waals surface area contributed by atoms with Gasteiger partial charge in [0.2, 0.25) is 0 Å². The predicted octanol–water partition coefficient (Wildman–Crippen LogP) is 1.54. The predicted molar refractivity (Wildman–Crippen MR) is 44.5 cm³/mol. The normalized spacial score (nSPS) is 26.7. The standard InChI is InChI=1S/C7H15NO.ClH/c1-9-7-5-3-2-4-6-8-7;/h7-8H,2-6H2,1H3;1H. The van der Waals surface area contributed by atoms with Gasteiger partial charge in [-0.3, -0.25) is 5.32 Å². The van der Waals surface area contributed by atoms with Crippen molar-refractivity contribution in [2.24, 2.45) is 0 Å². The first-order valence-corrected chi connectivity index (χ1v) is 3.69. The highest BCUT2D eigenvalue weighted by atomic mass is 35.5. The summed E-state index contributed by atoms with van der Waals surface area (Å²) in [5.41, 5.74) is 0. The second-order valence-corrected chi connectivity index (χ2v) is 2.53. The van der Waals surface area contributed by atoms with Crippen LogP contribution < -0.4 is 5.32 Å². The van der Waals surface area contributed by atoms with Gasteiger partial charge in [-0.25, -0.2) is 0 Å². The number of rotatable bonds is 1. The molecule has 0 spiro atoms. The lowest BCUT2D eigenvalue weighted by molar-refractivity contribution is 0.0713. The summed E-state index contributed by atoms with van der Waals surface area (Å²) in [6.45, 7) is 1.12. The van der Waals surface area contributed by atoms with E-state index in [4.69, 9.17) is 4.74 Å². The van der Waals surface area contributed by atoms with Crippen LogP contribution in [0.5, 0.6) is 0 Å². The second kappa shape index (κ2) is 5.96. The van der Waals surface area contributed by atoms with E-state index in [1.165, 1.54) is 25.7 Å². The average Bonchev–Trinajstić information content (AvgIpc) is 2.13. The van der Waals surface area contributed by atoms with Gasteiger partial charge in [-0.05, 0) is 25.8 Å². The van der Waals surface area contributed by atoms with Gasteiger partial charge in [0.15, 0.2) is 0 Å². The molecule has 2 nitrogen and oxygen atoms in total. The molecule has 1 aliphatic heterocycles. The summed E-state index contributed by atoms with van der Waals surface area (Å²) in [5, 5.41) is 3.31. The number of methoxy groups -OCH3 is 1. The molecule has 62 valence electrons. The molecule has 0 aromatic heterocycles. The Bertz CT molecular complexity index is 72.0. The van der Waals surface area contributed by atoms with Crippen molar-refractivity contribution in [3.05, 3.63) is 0 Å². The van der Waals surface area contributed by atoms with E-state index in [2.05, 4.69) is 5.32 Å². The third kappa shape index (κ3) is 3.40. The Morgan fingerprint density at radius 3 is 2.80 bits per heavy atom. The third-order valence-corrected chi connectivity index (χ3v) is 1.80. The fraction of sp³-hybridized carbons (Fsp3) is 1.00. The molecule has 0 radical (unpaired) electrons. The first kappa shape index (κ1) is 10.2. The van der Waals surface area contributed by atoms with Gasteiger partial charge in [0, 0.05) is 7.11 Å². The maximum Gasteiger partial charge on any atom is 0.107 e. The molecule has 0 saturated carbocycles. The van der Waals surface area contributed by atoms with Crippen molar-refractivity contribution in [3.63, 3.8) is 0 Å². The summed E-state index contributed by atoms with van der Waals surface area (Å²) in [4.78, 5) is 0. The number of nitrogens with one attached hydrogen (secondary N) is 1. The molecule has 1 fully saturated rings. The number of ether oxygens (including phenoxy) is 1. The maximum absolute atomic E-state index is 5.16. The molecular weight excluding hydrogens is 150 g/mol. The third-order valence-electron chi connectivity index (χ3n) is 1.80. The zero-order chi connectivity index (χ0) is 6.53. The van der Waals surface area contributed by atoms with Gasteiger partial charge >= 0.3 is 0 Å². The Labute approximate surface area is 68.7 Å². The molecule has 1 unspecified atom stereocenters. The van der Waals surface area contributed by atoms with E-state index in [0.717, 1.165) is 6.54 Å². The zero-order valence-electron chi connectivity index (χ0n) is 6.43. The van der Waals surface area contributed by atoms with Crippen LogP contribution in [0.3, 0.4) is 0 Å². The highest BCUT2D eigenvalue weighted by Gasteiger charge is 2.08. The lowest BCUT2D eigenvalue weighted by Gasteiger charge is -2.12. The summed E-state index contributed by atoms with van der Waals surface area (Å²) in [6.07, 6.45) is 5.47. The molecular formula is C7H16ClNO. The average molecular weight is 166 g/mol. The largest absolute Gasteiger partial charge is 0.367 e. The molecule has 0 aliphatic carbocycles. The summed E-state index contributed by atoms with van der Waals surface area (Å²) in [5.74, 6) is 0. The van der Waals surface area contributed by atoms with Gasteiger partial charge in [0.1, 0.15) is 6.23 Å². The molecule has 0 bridgehead atoms. The van der Waals surface area contributed by atoms with Crippen LogP contribution in [0.25, 0.3) is 0 Å². The Morgan fingerprint density at radius 2 is 2.10 bits per heavy atom. The van der Waals surface area contributed by atoms with Crippen LogP contribution >= 0.6 is 12.4 Å². The van der Waals surface area contributed by atoms with Crippen LogP contribution in [0.2, 0.25) is 0 Å². The molecule has 1 N–H and O–H groups in total. The monoisotopic (exact) mass is 165 g/mol. The van der Waals surface area contributed by atoms with Crippen molar-refractivity contribution >= 4 is 12.4 Å². The van der Waals surface area contributed by atoms with Gasteiger partial charge < -0.3 is 4.74 Å². The maximum atomic E-state index is 5.16. The Kier molecular flexibility index (Phi) is 6.08. The fourth-order valence-electron chi connectivity index (χ4n) is 1.20. The molecule has 1 aliphatic rings. The summed E-state index contributed by atoms with van der Waals surface area (Å²) < 4.78 is 5.16. The van der Waals surface area contributed by atoms with Gasteiger partial charge in [-0.2, -0.15) is 0 Å². The minimum atomic E-state index is 0. The van der Waals surface area contributed by atoms with Crippen molar-refractivity contribution in [3.8, 4) is 0 Å². The van der Waals surface area contributed by atoms with E-state index in [-0.39, 0.29) is 12.4 Å². The van der Waals surface area contributed by atoms with Crippen molar-refractivity contribution in [2.45, 2.75) is 31.9 Å². The SMILES string of the molecule is COC1CCCCCN1.Cl. The molecule has 0 amide bonds. The van der Waals surface area contributed by atoms with Crippen LogP contribution in [0, 0.1) is 0 Å². The minimum Gasteiger partial charge on any atom is -0.367 e. The topological polar surface area (TPSA) is 21.3 Å². The van der Waals surface area contributed by atoms with Crippen LogP contribution in [-0.4, -0.2) is 19.9 Å².